The molecule has 1 saturated heterocycles. The molecule has 5 heteroatoms. The molecule has 0 aliphatic carbocycles. The van der Waals surface area contributed by atoms with Crippen molar-refractivity contribution in [3.8, 4) is 5.75 Å². The molecule has 2 rings (SSSR count). The second kappa shape index (κ2) is 8.04. The summed E-state index contributed by atoms with van der Waals surface area (Å²) in [6.45, 7) is 1.73. The van der Waals surface area contributed by atoms with Crippen molar-refractivity contribution in [2.75, 3.05) is 26.5 Å². The van der Waals surface area contributed by atoms with Gasteiger partial charge in [-0.05, 0) is 36.3 Å². The fraction of sp³-hybridized carbons (Fsp3) is 0.533. The van der Waals surface area contributed by atoms with Crippen LogP contribution in [0.15, 0.2) is 29.3 Å². The van der Waals surface area contributed by atoms with Crippen molar-refractivity contribution in [3.63, 3.8) is 0 Å². The lowest BCUT2D eigenvalue weighted by Crippen LogP contribution is -2.39. The van der Waals surface area contributed by atoms with E-state index >= 15 is 0 Å². The number of hydrogen-bond donors (Lipinski definition) is 2. The van der Waals surface area contributed by atoms with Gasteiger partial charge in [0.05, 0.1) is 7.11 Å². The van der Waals surface area contributed by atoms with Gasteiger partial charge in [0, 0.05) is 25.4 Å². The van der Waals surface area contributed by atoms with Crippen LogP contribution in [0.2, 0.25) is 0 Å². The minimum absolute atomic E-state index is 0.727. The van der Waals surface area contributed by atoms with Crippen molar-refractivity contribution < 1.29 is 4.74 Å². The van der Waals surface area contributed by atoms with Gasteiger partial charge in [0.25, 0.3) is 0 Å². The average molecular weight is 293 g/mol. The first-order chi connectivity index (χ1) is 9.81. The number of guanidine groups is 1. The zero-order chi connectivity index (χ0) is 14.2. The number of aliphatic imine (C=N–C) groups is 1. The number of hydrogen-bond acceptors (Lipinski definition) is 3. The maximum Gasteiger partial charge on any atom is 0.191 e. The maximum absolute atomic E-state index is 5.23. The number of nitrogens with one attached hydrogen (secondary N) is 2. The van der Waals surface area contributed by atoms with Crippen LogP contribution in [-0.4, -0.2) is 37.7 Å². The van der Waals surface area contributed by atoms with Crippen LogP contribution in [0.4, 0.5) is 0 Å². The van der Waals surface area contributed by atoms with E-state index in [1.165, 1.54) is 24.2 Å². The standard InChI is InChI=1S/C15H23N3OS/c1-16-15(18-11-14-7-4-8-20-14)17-10-12-5-3-6-13(9-12)19-2/h3,5-6,9,14H,4,7-8,10-11H2,1-2H3,(H2,16,17,18). The molecule has 20 heavy (non-hydrogen) atoms. The second-order valence-electron chi connectivity index (χ2n) is 4.79. The molecule has 1 aromatic carbocycles. The molecule has 0 amide bonds. The number of benzene rings is 1. The molecule has 1 unspecified atom stereocenters. The Morgan fingerprint density at radius 1 is 1.45 bits per heavy atom. The number of thioether (sulfide) groups is 1. The lowest BCUT2D eigenvalue weighted by atomic mass is 10.2. The van der Waals surface area contributed by atoms with E-state index in [2.05, 4.69) is 33.5 Å². The third-order valence-corrected chi connectivity index (χ3v) is 4.74. The molecular formula is C15H23N3OS. The molecule has 0 saturated carbocycles. The summed E-state index contributed by atoms with van der Waals surface area (Å²) in [4.78, 5) is 4.26. The summed E-state index contributed by atoms with van der Waals surface area (Å²) in [5.74, 6) is 3.04. The first kappa shape index (κ1) is 15.0. The Bertz CT molecular complexity index is 444. The van der Waals surface area contributed by atoms with Crippen molar-refractivity contribution in [3.05, 3.63) is 29.8 Å². The second-order valence-corrected chi connectivity index (χ2v) is 6.20. The lowest BCUT2D eigenvalue weighted by Gasteiger charge is -2.15. The third-order valence-electron chi connectivity index (χ3n) is 3.34. The monoisotopic (exact) mass is 293 g/mol. The normalized spacial score (nSPS) is 18.9. The molecule has 0 spiro atoms. The van der Waals surface area contributed by atoms with Crippen molar-refractivity contribution in [1.82, 2.24) is 10.6 Å². The van der Waals surface area contributed by atoms with Crippen LogP contribution in [0.25, 0.3) is 0 Å². The van der Waals surface area contributed by atoms with Crippen molar-refractivity contribution in [2.45, 2.75) is 24.6 Å². The topological polar surface area (TPSA) is 45.7 Å². The lowest BCUT2D eigenvalue weighted by molar-refractivity contribution is 0.414. The Hall–Kier alpha value is -1.36. The molecule has 0 bridgehead atoms. The first-order valence-corrected chi connectivity index (χ1v) is 8.05. The fourth-order valence-corrected chi connectivity index (χ4v) is 3.41. The largest absolute Gasteiger partial charge is 0.497 e. The molecule has 1 aromatic rings. The molecule has 1 aliphatic rings. The van der Waals surface area contributed by atoms with Crippen molar-refractivity contribution in [2.24, 2.45) is 4.99 Å². The summed E-state index contributed by atoms with van der Waals surface area (Å²) in [7, 11) is 3.50. The maximum atomic E-state index is 5.23. The van der Waals surface area contributed by atoms with E-state index in [9.17, 15) is 0 Å². The Morgan fingerprint density at radius 3 is 3.05 bits per heavy atom. The molecule has 1 heterocycles. The van der Waals surface area contributed by atoms with E-state index in [0.717, 1.165) is 30.0 Å². The predicted molar refractivity (Wildman–Crippen MR) is 86.7 cm³/mol. The third kappa shape index (κ3) is 4.63. The van der Waals surface area contributed by atoms with Gasteiger partial charge in [-0.1, -0.05) is 12.1 Å². The van der Waals surface area contributed by atoms with Gasteiger partial charge < -0.3 is 15.4 Å². The Kier molecular flexibility index (Phi) is 6.05. The first-order valence-electron chi connectivity index (χ1n) is 7.01. The van der Waals surface area contributed by atoms with Gasteiger partial charge in [-0.2, -0.15) is 11.8 Å². The van der Waals surface area contributed by atoms with Gasteiger partial charge >= 0.3 is 0 Å². The van der Waals surface area contributed by atoms with Crippen molar-refractivity contribution in [1.29, 1.82) is 0 Å². The van der Waals surface area contributed by atoms with Crippen LogP contribution in [-0.2, 0) is 6.54 Å². The summed E-state index contributed by atoms with van der Waals surface area (Å²) in [5, 5.41) is 7.46. The van der Waals surface area contributed by atoms with Gasteiger partial charge in [-0.3, -0.25) is 4.99 Å². The van der Waals surface area contributed by atoms with E-state index in [4.69, 9.17) is 4.74 Å². The van der Waals surface area contributed by atoms with Gasteiger partial charge in [0.15, 0.2) is 5.96 Å². The summed E-state index contributed by atoms with van der Waals surface area (Å²) >= 11 is 2.05. The Labute approximate surface area is 125 Å². The molecule has 110 valence electrons. The predicted octanol–water partition coefficient (Wildman–Crippen LogP) is 2.26. The van der Waals surface area contributed by atoms with E-state index < -0.39 is 0 Å². The highest BCUT2D eigenvalue weighted by Crippen LogP contribution is 2.25. The number of ether oxygens (including phenoxy) is 1. The van der Waals surface area contributed by atoms with Gasteiger partial charge in [0.2, 0.25) is 0 Å². The smallest absolute Gasteiger partial charge is 0.191 e. The van der Waals surface area contributed by atoms with Crippen LogP contribution in [0.3, 0.4) is 0 Å². The highest BCUT2D eigenvalue weighted by atomic mass is 32.2. The van der Waals surface area contributed by atoms with Crippen LogP contribution < -0.4 is 15.4 Å². The SMILES string of the molecule is CN=C(NCc1cccc(OC)c1)NCC1CCCS1. The quantitative estimate of drug-likeness (QED) is 0.646. The van der Waals surface area contributed by atoms with Crippen LogP contribution >= 0.6 is 11.8 Å². The molecule has 1 aliphatic heterocycles. The molecular weight excluding hydrogens is 270 g/mol. The molecule has 2 N–H and O–H groups in total. The van der Waals surface area contributed by atoms with E-state index in [0.29, 0.717) is 0 Å². The summed E-state index contributed by atoms with van der Waals surface area (Å²) in [5.41, 5.74) is 1.18. The fourth-order valence-electron chi connectivity index (χ4n) is 2.20. The number of rotatable bonds is 5. The Balaban J connectivity index is 1.77. The highest BCUT2D eigenvalue weighted by molar-refractivity contribution is 8.00. The highest BCUT2D eigenvalue weighted by Gasteiger charge is 2.15. The van der Waals surface area contributed by atoms with Gasteiger partial charge in [-0.15, -0.1) is 0 Å². The zero-order valence-corrected chi connectivity index (χ0v) is 13.0. The number of nitrogens with zero attached hydrogens (tertiary/aromatic N) is 1. The molecule has 0 radical (unpaired) electrons. The number of methoxy groups -OCH3 is 1. The van der Waals surface area contributed by atoms with E-state index in [-0.39, 0.29) is 0 Å². The summed E-state index contributed by atoms with van der Waals surface area (Å²) in [6, 6.07) is 8.07. The van der Waals surface area contributed by atoms with E-state index in [1.807, 2.05) is 25.2 Å². The molecule has 0 aromatic heterocycles. The Morgan fingerprint density at radius 2 is 2.35 bits per heavy atom. The van der Waals surface area contributed by atoms with Crippen LogP contribution in [0.5, 0.6) is 5.75 Å². The molecule has 1 fully saturated rings. The minimum Gasteiger partial charge on any atom is -0.497 e. The average Bonchev–Trinajstić information content (AvgIpc) is 3.01. The minimum atomic E-state index is 0.727. The summed E-state index contributed by atoms with van der Waals surface area (Å²) < 4.78 is 5.23. The van der Waals surface area contributed by atoms with Crippen LogP contribution in [0.1, 0.15) is 18.4 Å². The van der Waals surface area contributed by atoms with Gasteiger partial charge in [0.1, 0.15) is 5.75 Å². The molecule has 4 nitrogen and oxygen atoms in total. The van der Waals surface area contributed by atoms with Crippen molar-refractivity contribution >= 4 is 17.7 Å². The molecule has 1 atom stereocenters. The van der Waals surface area contributed by atoms with Crippen LogP contribution in [0, 0.1) is 0 Å². The van der Waals surface area contributed by atoms with E-state index in [1.54, 1.807) is 7.11 Å². The zero-order valence-electron chi connectivity index (χ0n) is 12.2. The summed E-state index contributed by atoms with van der Waals surface area (Å²) in [6.07, 6.45) is 2.65. The van der Waals surface area contributed by atoms with Gasteiger partial charge in [-0.25, -0.2) is 0 Å².